The van der Waals surface area contributed by atoms with Gasteiger partial charge in [-0.15, -0.1) is 0 Å². The van der Waals surface area contributed by atoms with E-state index in [1.54, 1.807) is 11.3 Å². The van der Waals surface area contributed by atoms with Crippen molar-refractivity contribution in [3.8, 4) is 0 Å². The molecular formula is C20H19N5OS. The number of imidazole rings is 1. The van der Waals surface area contributed by atoms with E-state index in [2.05, 4.69) is 16.0 Å². The van der Waals surface area contributed by atoms with Gasteiger partial charge in [-0.05, 0) is 30.7 Å². The number of para-hydroxylation sites is 1. The van der Waals surface area contributed by atoms with Crippen molar-refractivity contribution in [3.05, 3.63) is 60.0 Å². The van der Waals surface area contributed by atoms with Gasteiger partial charge in [0.25, 0.3) is 5.91 Å². The smallest absolute Gasteiger partial charge is 0.274 e. The molecule has 4 aromatic rings. The van der Waals surface area contributed by atoms with E-state index in [4.69, 9.17) is 4.98 Å². The van der Waals surface area contributed by atoms with Gasteiger partial charge in [0.1, 0.15) is 11.3 Å². The first kappa shape index (κ1) is 16.3. The fraction of sp³-hybridized carbons (Fsp3) is 0.250. The second-order valence-electron chi connectivity index (χ2n) is 6.79. The number of thiazole rings is 1. The van der Waals surface area contributed by atoms with E-state index in [9.17, 15) is 4.79 Å². The van der Waals surface area contributed by atoms with Crippen LogP contribution in [-0.4, -0.2) is 51.4 Å². The fourth-order valence-corrected chi connectivity index (χ4v) is 4.53. The summed E-state index contributed by atoms with van der Waals surface area (Å²) in [5.41, 5.74) is 3.46. The van der Waals surface area contributed by atoms with E-state index in [1.807, 2.05) is 58.9 Å². The molecule has 27 heavy (non-hydrogen) atoms. The summed E-state index contributed by atoms with van der Waals surface area (Å²) in [7, 11) is 0. The van der Waals surface area contributed by atoms with Crippen molar-refractivity contribution in [1.82, 2.24) is 19.3 Å². The molecule has 0 spiro atoms. The second-order valence-corrected chi connectivity index (χ2v) is 7.80. The summed E-state index contributed by atoms with van der Waals surface area (Å²) in [6.45, 7) is 4.95. The molecule has 1 amide bonds. The number of hydrogen-bond donors (Lipinski definition) is 0. The maximum Gasteiger partial charge on any atom is 0.274 e. The largest absolute Gasteiger partial charge is 0.345 e. The van der Waals surface area contributed by atoms with Crippen molar-refractivity contribution in [2.75, 3.05) is 31.1 Å². The SMILES string of the molecule is Cc1cccn2cc(C(=O)N3CCN(c4nc5ccccc5s4)CC3)nc12. The van der Waals surface area contributed by atoms with E-state index in [0.717, 1.165) is 34.9 Å². The molecule has 0 aliphatic carbocycles. The molecule has 3 aromatic heterocycles. The molecule has 1 aliphatic heterocycles. The zero-order valence-electron chi connectivity index (χ0n) is 15.0. The van der Waals surface area contributed by atoms with Crippen molar-refractivity contribution in [3.63, 3.8) is 0 Å². The van der Waals surface area contributed by atoms with Gasteiger partial charge >= 0.3 is 0 Å². The molecule has 4 heterocycles. The Morgan fingerprint density at radius 3 is 2.63 bits per heavy atom. The van der Waals surface area contributed by atoms with Gasteiger partial charge in [-0.1, -0.05) is 29.5 Å². The van der Waals surface area contributed by atoms with Crippen LogP contribution in [0.2, 0.25) is 0 Å². The van der Waals surface area contributed by atoms with Crippen LogP contribution in [0.3, 0.4) is 0 Å². The lowest BCUT2D eigenvalue weighted by Crippen LogP contribution is -2.48. The molecule has 6 nitrogen and oxygen atoms in total. The molecule has 0 saturated carbocycles. The number of piperazine rings is 1. The lowest BCUT2D eigenvalue weighted by atomic mass is 10.3. The topological polar surface area (TPSA) is 53.7 Å². The Morgan fingerprint density at radius 1 is 1.04 bits per heavy atom. The molecule has 0 N–H and O–H groups in total. The van der Waals surface area contributed by atoms with Crippen LogP contribution < -0.4 is 4.90 Å². The average Bonchev–Trinajstić information content (AvgIpc) is 3.32. The Hall–Kier alpha value is -2.93. The van der Waals surface area contributed by atoms with Crippen LogP contribution in [-0.2, 0) is 0 Å². The molecule has 1 fully saturated rings. The van der Waals surface area contributed by atoms with Crippen molar-refractivity contribution < 1.29 is 4.79 Å². The molecular weight excluding hydrogens is 358 g/mol. The lowest BCUT2D eigenvalue weighted by molar-refractivity contribution is 0.0741. The van der Waals surface area contributed by atoms with Gasteiger partial charge in [0.2, 0.25) is 0 Å². The molecule has 0 bridgehead atoms. The van der Waals surface area contributed by atoms with Crippen LogP contribution in [0.15, 0.2) is 48.8 Å². The Labute approximate surface area is 160 Å². The first-order valence-electron chi connectivity index (χ1n) is 9.03. The fourth-order valence-electron chi connectivity index (χ4n) is 3.51. The Morgan fingerprint density at radius 2 is 1.85 bits per heavy atom. The highest BCUT2D eigenvalue weighted by Crippen LogP contribution is 2.29. The number of benzene rings is 1. The molecule has 0 atom stereocenters. The normalized spacial score (nSPS) is 15.0. The summed E-state index contributed by atoms with van der Waals surface area (Å²) in [5.74, 6) is 0.00190. The first-order valence-corrected chi connectivity index (χ1v) is 9.85. The summed E-state index contributed by atoms with van der Waals surface area (Å²) in [6, 6.07) is 12.2. The van der Waals surface area contributed by atoms with Gasteiger partial charge in [-0.25, -0.2) is 9.97 Å². The quantitative estimate of drug-likeness (QED) is 0.538. The predicted molar refractivity (Wildman–Crippen MR) is 108 cm³/mol. The number of hydrogen-bond acceptors (Lipinski definition) is 5. The van der Waals surface area contributed by atoms with Crippen LogP contribution in [0, 0.1) is 6.92 Å². The third-order valence-electron chi connectivity index (χ3n) is 5.02. The molecule has 136 valence electrons. The number of pyridine rings is 1. The summed E-state index contributed by atoms with van der Waals surface area (Å²) >= 11 is 1.71. The van der Waals surface area contributed by atoms with Crippen molar-refractivity contribution in [2.45, 2.75) is 6.92 Å². The van der Waals surface area contributed by atoms with E-state index >= 15 is 0 Å². The maximum atomic E-state index is 12.9. The molecule has 0 radical (unpaired) electrons. The number of carbonyl (C=O) groups excluding carboxylic acids is 1. The average molecular weight is 377 g/mol. The molecule has 1 aromatic carbocycles. The zero-order chi connectivity index (χ0) is 18.4. The Balaban J connectivity index is 1.31. The van der Waals surface area contributed by atoms with Gasteiger partial charge < -0.3 is 14.2 Å². The van der Waals surface area contributed by atoms with Gasteiger partial charge in [0, 0.05) is 38.6 Å². The van der Waals surface area contributed by atoms with Crippen LogP contribution in [0.5, 0.6) is 0 Å². The number of nitrogens with zero attached hydrogens (tertiary/aromatic N) is 5. The van der Waals surface area contributed by atoms with E-state index < -0.39 is 0 Å². The number of anilines is 1. The Kier molecular flexibility index (Phi) is 3.82. The highest BCUT2D eigenvalue weighted by Gasteiger charge is 2.25. The molecule has 0 unspecified atom stereocenters. The number of amides is 1. The third-order valence-corrected chi connectivity index (χ3v) is 6.11. The van der Waals surface area contributed by atoms with Crippen molar-refractivity contribution >= 4 is 38.2 Å². The molecule has 5 rings (SSSR count). The number of aryl methyl sites for hydroxylation is 1. The molecule has 1 aliphatic rings. The van der Waals surface area contributed by atoms with E-state index in [0.29, 0.717) is 18.8 Å². The number of rotatable bonds is 2. The van der Waals surface area contributed by atoms with Crippen molar-refractivity contribution in [2.24, 2.45) is 0 Å². The van der Waals surface area contributed by atoms with Crippen molar-refractivity contribution in [1.29, 1.82) is 0 Å². The molecule has 7 heteroatoms. The third kappa shape index (κ3) is 2.84. The monoisotopic (exact) mass is 377 g/mol. The molecule has 1 saturated heterocycles. The Bertz CT molecular complexity index is 1110. The first-order chi connectivity index (χ1) is 13.2. The minimum absolute atomic E-state index is 0.00190. The summed E-state index contributed by atoms with van der Waals surface area (Å²) in [5, 5.41) is 1.03. The van der Waals surface area contributed by atoms with Gasteiger partial charge in [-0.3, -0.25) is 4.79 Å². The number of fused-ring (bicyclic) bond motifs is 2. The lowest BCUT2D eigenvalue weighted by Gasteiger charge is -2.34. The second kappa shape index (κ2) is 6.35. The van der Waals surface area contributed by atoms with E-state index in [1.165, 1.54) is 4.70 Å². The summed E-state index contributed by atoms with van der Waals surface area (Å²) in [6.07, 6.45) is 3.75. The van der Waals surface area contributed by atoms with Crippen LogP contribution in [0.25, 0.3) is 15.9 Å². The minimum atomic E-state index is 0.00190. The van der Waals surface area contributed by atoms with Crippen LogP contribution >= 0.6 is 11.3 Å². The van der Waals surface area contributed by atoms with Crippen LogP contribution in [0.1, 0.15) is 16.1 Å². The highest BCUT2D eigenvalue weighted by atomic mass is 32.1. The van der Waals surface area contributed by atoms with Crippen LogP contribution in [0.4, 0.5) is 5.13 Å². The zero-order valence-corrected chi connectivity index (χ0v) is 15.8. The van der Waals surface area contributed by atoms with E-state index in [-0.39, 0.29) is 5.91 Å². The highest BCUT2D eigenvalue weighted by molar-refractivity contribution is 7.22. The summed E-state index contributed by atoms with van der Waals surface area (Å²) < 4.78 is 3.12. The van der Waals surface area contributed by atoms with Gasteiger partial charge in [-0.2, -0.15) is 0 Å². The minimum Gasteiger partial charge on any atom is -0.345 e. The standard InChI is InChI=1S/C20H19N5OS/c1-14-5-4-8-25-13-16(21-18(14)25)19(26)23-9-11-24(12-10-23)20-22-15-6-2-3-7-17(15)27-20/h2-8,13H,9-12H2,1H3. The van der Waals surface area contributed by atoms with Gasteiger partial charge in [0.15, 0.2) is 5.13 Å². The number of aromatic nitrogens is 3. The number of carbonyl (C=O) groups is 1. The maximum absolute atomic E-state index is 12.9. The van der Waals surface area contributed by atoms with Gasteiger partial charge in [0.05, 0.1) is 10.2 Å². The predicted octanol–water partition coefficient (Wildman–Crippen LogP) is 3.21. The summed E-state index contributed by atoms with van der Waals surface area (Å²) in [4.78, 5) is 26.3.